The number of hydrogen-bond acceptors (Lipinski definition) is 6. The van der Waals surface area contributed by atoms with Gasteiger partial charge in [-0.2, -0.15) is 0 Å². The number of likely N-dealkylation sites (tertiary alicyclic amines) is 1. The summed E-state index contributed by atoms with van der Waals surface area (Å²) in [7, 11) is 1.57. The largest absolute Gasteiger partial charge is 0.497 e. The topological polar surface area (TPSA) is 94.9 Å². The minimum atomic E-state index is -0.909. The minimum Gasteiger partial charge on any atom is -0.497 e. The number of pyridine rings is 1. The van der Waals surface area contributed by atoms with Crippen molar-refractivity contribution in [3.8, 4) is 5.75 Å². The number of carbonyl (C=O) groups is 1. The van der Waals surface area contributed by atoms with Gasteiger partial charge >= 0.3 is 0 Å². The van der Waals surface area contributed by atoms with Gasteiger partial charge in [-0.05, 0) is 100 Å². The lowest BCUT2D eigenvalue weighted by Gasteiger charge is -2.40. The van der Waals surface area contributed by atoms with E-state index in [9.17, 15) is 19.5 Å². The van der Waals surface area contributed by atoms with E-state index in [1.54, 1.807) is 19.2 Å². The Balaban J connectivity index is 1.35. The van der Waals surface area contributed by atoms with Crippen molar-refractivity contribution in [2.45, 2.75) is 51.0 Å². The second kappa shape index (κ2) is 12.8. The predicted molar refractivity (Wildman–Crippen MR) is 145 cm³/mol. The third-order valence-corrected chi connectivity index (χ3v) is 8.10. The molecule has 2 heterocycles. The molecule has 2 aromatic carbocycles. The van der Waals surface area contributed by atoms with Crippen LogP contribution in [0, 0.1) is 11.2 Å². The number of hydrogen-bond donors (Lipinski definition) is 3. The van der Waals surface area contributed by atoms with Crippen LogP contribution >= 0.6 is 11.6 Å². The number of nitrogens with zero attached hydrogens (tertiary/aromatic N) is 2. The summed E-state index contributed by atoms with van der Waals surface area (Å²) < 4.78 is 18.4. The highest BCUT2D eigenvalue weighted by Crippen LogP contribution is 2.41. The van der Waals surface area contributed by atoms with Crippen LogP contribution in [0.4, 0.5) is 4.39 Å². The van der Waals surface area contributed by atoms with Crippen LogP contribution in [-0.4, -0.2) is 52.8 Å². The van der Waals surface area contributed by atoms with E-state index < -0.39 is 17.4 Å². The summed E-state index contributed by atoms with van der Waals surface area (Å²) in [6.45, 7) is 2.38. The number of piperidine rings is 1. The molecule has 0 saturated carbocycles. The first-order valence-electron chi connectivity index (χ1n) is 13.1. The normalized spacial score (nSPS) is 16.3. The van der Waals surface area contributed by atoms with Gasteiger partial charge in [-0.15, -0.1) is 0 Å². The fourth-order valence-electron chi connectivity index (χ4n) is 5.42. The smallest absolute Gasteiger partial charge is 0.249 e. The molecule has 3 N–H and O–H groups in total. The van der Waals surface area contributed by atoms with E-state index in [-0.39, 0.29) is 5.82 Å². The number of fused-ring (bicyclic) bond motifs is 1. The quantitative estimate of drug-likeness (QED) is 0.169. The van der Waals surface area contributed by atoms with Crippen molar-refractivity contribution in [3.05, 3.63) is 70.6 Å². The SMILES string of the molecule is COc1ccc2ncc(Cl)c([C@H](O)CCC3(C(=O)NO)CCN(CCCCc4ccc(F)cc4)CC3)c2c1. The Morgan fingerprint density at radius 2 is 1.95 bits per heavy atom. The van der Waals surface area contributed by atoms with E-state index in [2.05, 4.69) is 9.88 Å². The van der Waals surface area contributed by atoms with Crippen molar-refractivity contribution in [2.24, 2.45) is 5.41 Å². The summed E-state index contributed by atoms with van der Waals surface area (Å²) in [6.07, 6.45) is 5.41. The average Bonchev–Trinajstić information content (AvgIpc) is 2.94. The zero-order valence-corrected chi connectivity index (χ0v) is 22.4. The Bertz CT molecular complexity index is 1230. The monoisotopic (exact) mass is 543 g/mol. The summed E-state index contributed by atoms with van der Waals surface area (Å²) >= 11 is 6.46. The van der Waals surface area contributed by atoms with Crippen LogP contribution in [0.3, 0.4) is 0 Å². The maximum absolute atomic E-state index is 13.1. The summed E-state index contributed by atoms with van der Waals surface area (Å²) in [5.74, 6) is 0.00615. The highest BCUT2D eigenvalue weighted by molar-refractivity contribution is 6.32. The Labute approximate surface area is 227 Å². The van der Waals surface area contributed by atoms with Crippen LogP contribution in [0.25, 0.3) is 10.9 Å². The summed E-state index contributed by atoms with van der Waals surface area (Å²) in [6, 6.07) is 12.1. The summed E-state index contributed by atoms with van der Waals surface area (Å²) in [4.78, 5) is 19.5. The zero-order chi connectivity index (χ0) is 27.1. The number of ether oxygens (including phenoxy) is 1. The van der Waals surface area contributed by atoms with E-state index in [0.717, 1.165) is 44.5 Å². The molecule has 3 aromatic rings. The molecule has 204 valence electrons. The predicted octanol–water partition coefficient (Wildman–Crippen LogP) is 5.46. The number of aromatic nitrogens is 1. The lowest BCUT2D eigenvalue weighted by Crippen LogP contribution is -2.48. The van der Waals surface area contributed by atoms with Crippen LogP contribution in [-0.2, 0) is 11.2 Å². The summed E-state index contributed by atoms with van der Waals surface area (Å²) in [5.41, 5.74) is 3.48. The number of hydroxylamine groups is 1. The molecule has 0 unspecified atom stereocenters. The number of methoxy groups -OCH3 is 1. The Morgan fingerprint density at radius 1 is 1.21 bits per heavy atom. The maximum atomic E-state index is 13.1. The zero-order valence-electron chi connectivity index (χ0n) is 21.6. The molecule has 38 heavy (non-hydrogen) atoms. The van der Waals surface area contributed by atoms with Crippen molar-refractivity contribution in [1.29, 1.82) is 0 Å². The third-order valence-electron chi connectivity index (χ3n) is 7.80. The number of amides is 1. The van der Waals surface area contributed by atoms with Crippen LogP contribution < -0.4 is 10.2 Å². The van der Waals surface area contributed by atoms with Gasteiger partial charge in [0.15, 0.2) is 0 Å². The molecule has 0 radical (unpaired) electrons. The van der Waals surface area contributed by atoms with E-state index in [1.165, 1.54) is 18.3 Å². The lowest BCUT2D eigenvalue weighted by molar-refractivity contribution is -0.143. The molecular weight excluding hydrogens is 509 g/mol. The van der Waals surface area contributed by atoms with Gasteiger partial charge in [-0.3, -0.25) is 15.0 Å². The molecule has 1 fully saturated rings. The second-order valence-corrected chi connectivity index (χ2v) is 10.5. The standard InChI is InChI=1S/C29H35ClFN3O4/c1-38-22-9-10-25-23(18-22)27(24(30)19-32-25)26(35)11-12-29(28(36)33-37)13-16-34(17-14-29)15-3-2-4-20-5-7-21(31)8-6-20/h5-10,18-19,26,35,37H,2-4,11-17H2,1H3,(H,33,36)/t26-/m1/s1. The molecule has 7 nitrogen and oxygen atoms in total. The highest BCUT2D eigenvalue weighted by atomic mass is 35.5. The van der Waals surface area contributed by atoms with Gasteiger partial charge in [0, 0.05) is 17.1 Å². The van der Waals surface area contributed by atoms with Crippen LogP contribution in [0.2, 0.25) is 5.02 Å². The molecule has 9 heteroatoms. The fraction of sp³-hybridized carbons (Fsp3) is 0.448. The first-order valence-corrected chi connectivity index (χ1v) is 13.4. The first kappa shape index (κ1) is 28.2. The molecule has 0 spiro atoms. The summed E-state index contributed by atoms with van der Waals surface area (Å²) in [5, 5.41) is 21.8. The highest BCUT2D eigenvalue weighted by Gasteiger charge is 2.41. The van der Waals surface area contributed by atoms with Crippen LogP contribution in [0.5, 0.6) is 5.75 Å². The minimum absolute atomic E-state index is 0.220. The first-order chi connectivity index (χ1) is 18.3. The van der Waals surface area contributed by atoms with Gasteiger partial charge in [-0.25, -0.2) is 9.87 Å². The number of unbranched alkanes of at least 4 members (excludes halogenated alkanes) is 1. The Morgan fingerprint density at radius 3 is 2.63 bits per heavy atom. The number of nitrogens with one attached hydrogen (secondary N) is 1. The van der Waals surface area contributed by atoms with Gasteiger partial charge in [0.2, 0.25) is 5.91 Å². The van der Waals surface area contributed by atoms with Crippen molar-refractivity contribution < 1.29 is 24.2 Å². The third kappa shape index (κ3) is 6.61. The van der Waals surface area contributed by atoms with Crippen molar-refractivity contribution in [2.75, 3.05) is 26.7 Å². The lowest BCUT2D eigenvalue weighted by atomic mass is 9.73. The van der Waals surface area contributed by atoms with Gasteiger partial charge in [0.1, 0.15) is 11.6 Å². The van der Waals surface area contributed by atoms with Gasteiger partial charge in [0.05, 0.1) is 29.2 Å². The molecule has 1 amide bonds. The number of aryl methyl sites for hydroxylation is 1. The van der Waals surface area contributed by atoms with Crippen molar-refractivity contribution in [3.63, 3.8) is 0 Å². The molecule has 1 aromatic heterocycles. The molecule has 4 rings (SSSR count). The molecule has 0 aliphatic carbocycles. The number of benzene rings is 2. The average molecular weight is 544 g/mol. The fourth-order valence-corrected chi connectivity index (χ4v) is 5.70. The molecule has 1 atom stereocenters. The number of carbonyl (C=O) groups excluding carboxylic acids is 1. The number of halogens is 2. The van der Waals surface area contributed by atoms with Gasteiger partial charge in [-0.1, -0.05) is 23.7 Å². The van der Waals surface area contributed by atoms with Crippen molar-refractivity contribution >= 4 is 28.4 Å². The molecule has 0 bridgehead atoms. The Hall–Kier alpha value is -2.78. The van der Waals surface area contributed by atoms with E-state index in [4.69, 9.17) is 16.3 Å². The van der Waals surface area contributed by atoms with E-state index >= 15 is 0 Å². The van der Waals surface area contributed by atoms with Crippen LogP contribution in [0.1, 0.15) is 55.8 Å². The van der Waals surface area contributed by atoms with E-state index in [0.29, 0.717) is 52.9 Å². The van der Waals surface area contributed by atoms with E-state index in [1.807, 2.05) is 23.7 Å². The van der Waals surface area contributed by atoms with Gasteiger partial charge < -0.3 is 14.7 Å². The number of aliphatic hydroxyl groups is 1. The molecule has 1 saturated heterocycles. The van der Waals surface area contributed by atoms with Gasteiger partial charge in [0.25, 0.3) is 0 Å². The molecule has 1 aliphatic heterocycles. The number of aliphatic hydroxyl groups excluding tert-OH is 1. The van der Waals surface area contributed by atoms with Crippen molar-refractivity contribution in [1.82, 2.24) is 15.4 Å². The van der Waals surface area contributed by atoms with Crippen LogP contribution in [0.15, 0.2) is 48.7 Å². The number of rotatable bonds is 11. The molecule has 1 aliphatic rings. The maximum Gasteiger partial charge on any atom is 0.249 e. The second-order valence-electron chi connectivity index (χ2n) is 10.1. The molecular formula is C29H35ClFN3O4. The Kier molecular flexibility index (Phi) is 9.54.